The van der Waals surface area contributed by atoms with Gasteiger partial charge in [-0.3, -0.25) is 10.1 Å². The molecule has 1 amide bonds. The molecular formula is C27H27N3O3S. The smallest absolute Gasteiger partial charge is 0.257 e. The van der Waals surface area contributed by atoms with Gasteiger partial charge in [0.1, 0.15) is 11.3 Å². The highest BCUT2D eigenvalue weighted by Gasteiger charge is 2.10. The normalized spacial score (nSPS) is 11.0. The van der Waals surface area contributed by atoms with Crippen LogP contribution in [0.4, 0.5) is 5.69 Å². The fourth-order valence-electron chi connectivity index (χ4n) is 3.48. The first-order valence-electron chi connectivity index (χ1n) is 11.1. The van der Waals surface area contributed by atoms with Gasteiger partial charge in [0, 0.05) is 17.7 Å². The summed E-state index contributed by atoms with van der Waals surface area (Å²) in [6.07, 6.45) is 0.663. The van der Waals surface area contributed by atoms with Crippen LogP contribution in [0.3, 0.4) is 0 Å². The van der Waals surface area contributed by atoms with E-state index in [0.717, 1.165) is 28.1 Å². The minimum Gasteiger partial charge on any atom is -0.491 e. The zero-order valence-corrected chi connectivity index (χ0v) is 20.5. The summed E-state index contributed by atoms with van der Waals surface area (Å²) < 4.78 is 11.5. The van der Waals surface area contributed by atoms with E-state index >= 15 is 0 Å². The molecule has 2 N–H and O–H groups in total. The van der Waals surface area contributed by atoms with E-state index in [4.69, 9.17) is 21.4 Å². The van der Waals surface area contributed by atoms with Gasteiger partial charge in [0.2, 0.25) is 0 Å². The molecule has 0 spiro atoms. The third-order valence-electron chi connectivity index (χ3n) is 5.33. The number of aryl methyl sites for hydroxylation is 2. The van der Waals surface area contributed by atoms with Crippen molar-refractivity contribution in [2.24, 2.45) is 0 Å². The number of carbonyl (C=O) groups excluding carboxylic acids is 1. The van der Waals surface area contributed by atoms with E-state index in [9.17, 15) is 4.79 Å². The molecule has 34 heavy (non-hydrogen) atoms. The molecule has 0 saturated carbocycles. The van der Waals surface area contributed by atoms with Crippen molar-refractivity contribution >= 4 is 40.0 Å². The number of aromatic nitrogens is 1. The number of nitrogens with zero attached hydrogens (tertiary/aromatic N) is 1. The summed E-state index contributed by atoms with van der Waals surface area (Å²) in [7, 11) is 0. The SMILES string of the molecule is Cc1cc2nc(Cc3ccc(NC(=S)NC(=O)c4ccc(OC(C)C)cc4)cc3)oc2cc1C. The largest absolute Gasteiger partial charge is 0.491 e. The van der Waals surface area contributed by atoms with Gasteiger partial charge in [-0.1, -0.05) is 12.1 Å². The zero-order valence-electron chi connectivity index (χ0n) is 19.6. The van der Waals surface area contributed by atoms with Crippen molar-refractivity contribution in [3.8, 4) is 5.75 Å². The molecule has 0 unspecified atom stereocenters. The van der Waals surface area contributed by atoms with Crippen LogP contribution >= 0.6 is 12.2 Å². The van der Waals surface area contributed by atoms with Gasteiger partial charge < -0.3 is 14.5 Å². The number of hydrogen-bond donors (Lipinski definition) is 2. The Bertz CT molecular complexity index is 1290. The van der Waals surface area contributed by atoms with Crippen molar-refractivity contribution in [3.05, 3.63) is 88.8 Å². The molecule has 6 nitrogen and oxygen atoms in total. The first-order valence-corrected chi connectivity index (χ1v) is 11.5. The minimum atomic E-state index is -0.286. The van der Waals surface area contributed by atoms with Crippen molar-refractivity contribution in [2.45, 2.75) is 40.2 Å². The average molecular weight is 474 g/mol. The minimum absolute atomic E-state index is 0.0753. The maximum atomic E-state index is 12.5. The summed E-state index contributed by atoms with van der Waals surface area (Å²) in [5, 5.41) is 5.97. The molecule has 0 aliphatic rings. The number of amides is 1. The Kier molecular flexibility index (Phi) is 6.93. The lowest BCUT2D eigenvalue weighted by Crippen LogP contribution is -2.34. The Labute approximate surface area is 204 Å². The van der Waals surface area contributed by atoms with Gasteiger partial charge in [0.05, 0.1) is 6.10 Å². The number of carbonyl (C=O) groups is 1. The van der Waals surface area contributed by atoms with Crippen molar-refractivity contribution in [1.82, 2.24) is 10.3 Å². The second-order valence-corrected chi connectivity index (χ2v) is 8.89. The van der Waals surface area contributed by atoms with Crippen molar-refractivity contribution in [3.63, 3.8) is 0 Å². The van der Waals surface area contributed by atoms with E-state index in [1.54, 1.807) is 24.3 Å². The Morgan fingerprint density at radius 1 is 1.03 bits per heavy atom. The number of ether oxygens (including phenoxy) is 1. The van der Waals surface area contributed by atoms with E-state index in [0.29, 0.717) is 17.9 Å². The molecule has 0 bridgehead atoms. The third-order valence-corrected chi connectivity index (χ3v) is 5.53. The van der Waals surface area contributed by atoms with E-state index < -0.39 is 0 Å². The Morgan fingerprint density at radius 2 is 1.71 bits per heavy atom. The Hall–Kier alpha value is -3.71. The summed E-state index contributed by atoms with van der Waals surface area (Å²) >= 11 is 5.30. The van der Waals surface area contributed by atoms with Crippen LogP contribution in [0.2, 0.25) is 0 Å². The number of anilines is 1. The van der Waals surface area contributed by atoms with Gasteiger partial charge in [-0.25, -0.2) is 4.98 Å². The quantitative estimate of drug-likeness (QED) is 0.337. The van der Waals surface area contributed by atoms with Crippen LogP contribution in [0, 0.1) is 13.8 Å². The highest BCUT2D eigenvalue weighted by Crippen LogP contribution is 2.22. The Balaban J connectivity index is 1.33. The summed E-state index contributed by atoms with van der Waals surface area (Å²) in [5.41, 5.74) is 6.40. The van der Waals surface area contributed by atoms with Crippen LogP contribution in [0.15, 0.2) is 65.1 Å². The van der Waals surface area contributed by atoms with Crippen molar-refractivity contribution < 1.29 is 13.9 Å². The fourth-order valence-corrected chi connectivity index (χ4v) is 3.69. The second kappa shape index (κ2) is 10.1. The zero-order chi connectivity index (χ0) is 24.2. The number of fused-ring (bicyclic) bond motifs is 1. The van der Waals surface area contributed by atoms with Crippen molar-refractivity contribution in [1.29, 1.82) is 0 Å². The molecule has 0 aliphatic carbocycles. The average Bonchev–Trinajstić information content (AvgIpc) is 3.16. The van der Waals surface area contributed by atoms with Crippen LogP contribution < -0.4 is 15.4 Å². The molecule has 0 radical (unpaired) electrons. The molecule has 0 saturated heterocycles. The Morgan fingerprint density at radius 3 is 2.38 bits per heavy atom. The monoisotopic (exact) mass is 473 g/mol. The lowest BCUT2D eigenvalue weighted by molar-refractivity contribution is 0.0977. The molecular weight excluding hydrogens is 446 g/mol. The van der Waals surface area contributed by atoms with E-state index in [1.165, 1.54) is 11.1 Å². The number of hydrogen-bond acceptors (Lipinski definition) is 5. The maximum Gasteiger partial charge on any atom is 0.257 e. The lowest BCUT2D eigenvalue weighted by atomic mass is 10.1. The summed E-state index contributed by atoms with van der Waals surface area (Å²) in [4.78, 5) is 17.1. The molecule has 7 heteroatoms. The molecule has 1 aromatic heterocycles. The lowest BCUT2D eigenvalue weighted by Gasteiger charge is -2.11. The first kappa shape index (κ1) is 23.4. The fraction of sp³-hybridized carbons (Fsp3) is 0.222. The predicted molar refractivity (Wildman–Crippen MR) is 139 cm³/mol. The first-order chi connectivity index (χ1) is 16.3. The van der Waals surface area contributed by atoms with Crippen LogP contribution in [-0.2, 0) is 6.42 Å². The standard InChI is InChI=1S/C27H27N3O3S/c1-16(2)32-22-11-7-20(8-12-22)26(31)30-27(34)28-21-9-5-19(6-10-21)15-25-29-23-13-17(3)18(4)14-24(23)33-25/h5-14,16H,15H2,1-4H3,(H2,28,30,31,34). The summed E-state index contributed by atoms with van der Waals surface area (Å²) in [5.74, 6) is 1.11. The highest BCUT2D eigenvalue weighted by molar-refractivity contribution is 7.80. The molecule has 4 rings (SSSR count). The predicted octanol–water partition coefficient (Wildman–Crippen LogP) is 5.95. The number of thiocarbonyl (C=S) groups is 1. The molecule has 0 atom stereocenters. The summed E-state index contributed by atoms with van der Waals surface area (Å²) in [6.45, 7) is 8.04. The van der Waals surface area contributed by atoms with E-state index in [1.807, 2.05) is 50.2 Å². The number of rotatable bonds is 6. The molecule has 1 heterocycles. The highest BCUT2D eigenvalue weighted by atomic mass is 32.1. The van der Waals surface area contributed by atoms with Gasteiger partial charge in [-0.15, -0.1) is 0 Å². The summed E-state index contributed by atoms with van der Waals surface area (Å²) in [6, 6.07) is 18.8. The van der Waals surface area contributed by atoms with Gasteiger partial charge in [-0.2, -0.15) is 0 Å². The van der Waals surface area contributed by atoms with Gasteiger partial charge >= 0.3 is 0 Å². The van der Waals surface area contributed by atoms with Crippen LogP contribution in [0.1, 0.15) is 46.8 Å². The maximum absolute atomic E-state index is 12.5. The molecule has 174 valence electrons. The topological polar surface area (TPSA) is 76.4 Å². The molecule has 0 fully saturated rings. The van der Waals surface area contributed by atoms with Crippen molar-refractivity contribution in [2.75, 3.05) is 5.32 Å². The van der Waals surface area contributed by atoms with Gasteiger partial charge in [0.25, 0.3) is 5.91 Å². The third kappa shape index (κ3) is 5.80. The molecule has 3 aromatic carbocycles. The number of benzene rings is 3. The van der Waals surface area contributed by atoms with Crippen LogP contribution in [0.25, 0.3) is 11.1 Å². The van der Waals surface area contributed by atoms with Gasteiger partial charge in [0.15, 0.2) is 16.6 Å². The van der Waals surface area contributed by atoms with Crippen LogP contribution in [-0.4, -0.2) is 22.1 Å². The molecule has 4 aromatic rings. The number of nitrogens with one attached hydrogen (secondary N) is 2. The van der Waals surface area contributed by atoms with E-state index in [-0.39, 0.29) is 17.1 Å². The number of oxazole rings is 1. The molecule has 0 aliphatic heterocycles. The second-order valence-electron chi connectivity index (χ2n) is 8.48. The van der Waals surface area contributed by atoms with Crippen LogP contribution in [0.5, 0.6) is 5.75 Å². The van der Waals surface area contributed by atoms with Gasteiger partial charge in [-0.05, 0) is 105 Å². The van der Waals surface area contributed by atoms with E-state index in [2.05, 4.69) is 29.5 Å².